The van der Waals surface area contributed by atoms with Crippen LogP contribution in [0.25, 0.3) is 0 Å². The molecule has 0 N–H and O–H groups in total. The summed E-state index contributed by atoms with van der Waals surface area (Å²) < 4.78 is 13.7. The summed E-state index contributed by atoms with van der Waals surface area (Å²) in [6.07, 6.45) is -0.0107. The van der Waals surface area contributed by atoms with Gasteiger partial charge in [0.1, 0.15) is 12.0 Å². The van der Waals surface area contributed by atoms with Crippen molar-refractivity contribution in [3.63, 3.8) is 0 Å². The largest absolute Gasteiger partial charge is 0.341 e. The van der Waals surface area contributed by atoms with Crippen LogP contribution in [0.2, 0.25) is 0 Å². The Kier molecular flexibility index (Phi) is 4.94. The number of halogens is 1. The Morgan fingerprint density at radius 1 is 0.533 bits per heavy atom. The van der Waals surface area contributed by atoms with Crippen LogP contribution in [0.1, 0.15) is 22.9 Å². The van der Waals surface area contributed by atoms with Crippen LogP contribution in [-0.4, -0.2) is 0 Å². The quantitative estimate of drug-likeness (QED) is 0.379. The second-order valence-corrected chi connectivity index (χ2v) is 7.64. The first-order valence-corrected chi connectivity index (χ1v) is 10.3. The van der Waals surface area contributed by atoms with Crippen molar-refractivity contribution in [2.75, 3.05) is 9.80 Å². The van der Waals surface area contributed by atoms with Gasteiger partial charge in [-0.3, -0.25) is 0 Å². The molecule has 3 heteroatoms. The molecular formula is C27H23FN2. The molecule has 0 radical (unpaired) electrons. The van der Waals surface area contributed by atoms with Crippen LogP contribution < -0.4 is 9.80 Å². The van der Waals surface area contributed by atoms with Gasteiger partial charge in [-0.15, -0.1) is 0 Å². The average Bonchev–Trinajstić information content (AvgIpc) is 3.09. The molecule has 1 heterocycles. The summed E-state index contributed by atoms with van der Waals surface area (Å²) in [5, 5.41) is 0. The summed E-state index contributed by atoms with van der Waals surface area (Å²) in [5.74, 6) is -0.210. The fourth-order valence-electron chi connectivity index (χ4n) is 4.28. The monoisotopic (exact) mass is 394 g/mol. The van der Waals surface area contributed by atoms with Crippen LogP contribution in [0.4, 0.5) is 15.8 Å². The van der Waals surface area contributed by atoms with Crippen molar-refractivity contribution < 1.29 is 4.39 Å². The van der Waals surface area contributed by atoms with Crippen LogP contribution in [0, 0.1) is 5.82 Å². The van der Waals surface area contributed by atoms with E-state index in [-0.39, 0.29) is 12.0 Å². The van der Waals surface area contributed by atoms with Gasteiger partial charge >= 0.3 is 0 Å². The minimum absolute atomic E-state index is 0.0107. The van der Waals surface area contributed by atoms with Crippen molar-refractivity contribution in [3.8, 4) is 0 Å². The maximum absolute atomic E-state index is 13.7. The van der Waals surface area contributed by atoms with E-state index in [4.69, 9.17) is 0 Å². The Balaban J connectivity index is 1.61. The van der Waals surface area contributed by atoms with E-state index in [9.17, 15) is 4.39 Å². The molecule has 4 aromatic rings. The lowest BCUT2D eigenvalue weighted by atomic mass is 10.1. The van der Waals surface area contributed by atoms with Gasteiger partial charge in [-0.1, -0.05) is 84.9 Å². The normalized spacial score (nSPS) is 13.5. The van der Waals surface area contributed by atoms with Gasteiger partial charge in [0.05, 0.1) is 11.4 Å². The van der Waals surface area contributed by atoms with E-state index in [2.05, 4.69) is 82.6 Å². The summed E-state index contributed by atoms with van der Waals surface area (Å²) in [6, 6.07) is 36.5. The lowest BCUT2D eigenvalue weighted by Gasteiger charge is -2.34. The predicted octanol–water partition coefficient (Wildman–Crippen LogP) is 6.55. The van der Waals surface area contributed by atoms with Crippen LogP contribution in [0.3, 0.4) is 0 Å². The topological polar surface area (TPSA) is 6.48 Å². The van der Waals surface area contributed by atoms with Crippen molar-refractivity contribution in [1.29, 1.82) is 0 Å². The number of hydrogen-bond donors (Lipinski definition) is 0. The molecule has 2 nitrogen and oxygen atoms in total. The third-order valence-electron chi connectivity index (χ3n) is 5.65. The van der Waals surface area contributed by atoms with E-state index in [1.54, 1.807) is 12.1 Å². The molecular weight excluding hydrogens is 371 g/mol. The summed E-state index contributed by atoms with van der Waals surface area (Å²) in [5.41, 5.74) is 5.99. The molecule has 1 aliphatic heterocycles. The van der Waals surface area contributed by atoms with Gasteiger partial charge in [0.25, 0.3) is 0 Å². The van der Waals surface area contributed by atoms with E-state index < -0.39 is 0 Å². The maximum Gasteiger partial charge on any atom is 0.129 e. The molecule has 0 fully saturated rings. The number of nitrogens with zero attached hydrogens (tertiary/aromatic N) is 2. The number of para-hydroxylation sites is 2. The Bertz CT molecular complexity index is 1040. The first kappa shape index (κ1) is 18.4. The maximum atomic E-state index is 13.7. The van der Waals surface area contributed by atoms with Gasteiger partial charge in [0, 0.05) is 13.1 Å². The van der Waals surface area contributed by atoms with Crippen LogP contribution >= 0.6 is 0 Å². The lowest BCUT2D eigenvalue weighted by molar-refractivity contribution is 0.596. The molecule has 0 unspecified atom stereocenters. The molecule has 5 rings (SSSR count). The van der Waals surface area contributed by atoms with Crippen molar-refractivity contribution in [2.45, 2.75) is 19.3 Å². The first-order valence-electron chi connectivity index (χ1n) is 10.3. The van der Waals surface area contributed by atoms with Gasteiger partial charge in [-0.25, -0.2) is 4.39 Å². The van der Waals surface area contributed by atoms with E-state index in [0.717, 1.165) is 18.7 Å². The van der Waals surface area contributed by atoms with Crippen molar-refractivity contribution in [3.05, 3.63) is 132 Å². The van der Waals surface area contributed by atoms with Gasteiger partial charge in [0.2, 0.25) is 0 Å². The summed E-state index contributed by atoms with van der Waals surface area (Å²) >= 11 is 0. The minimum Gasteiger partial charge on any atom is -0.341 e. The van der Waals surface area contributed by atoms with Crippen LogP contribution in [-0.2, 0) is 13.1 Å². The number of rotatable bonds is 5. The van der Waals surface area contributed by atoms with Crippen LogP contribution in [0.15, 0.2) is 109 Å². The van der Waals surface area contributed by atoms with Gasteiger partial charge < -0.3 is 9.80 Å². The van der Waals surface area contributed by atoms with Gasteiger partial charge in [0.15, 0.2) is 0 Å². The zero-order chi connectivity index (χ0) is 20.3. The molecule has 0 saturated heterocycles. The number of benzene rings is 4. The standard InChI is InChI=1S/C27H23FN2/c28-24-17-15-23(16-18-24)27-29(19-21-9-3-1-4-10-21)25-13-7-8-14-26(25)30(27)20-22-11-5-2-6-12-22/h1-18,27H,19-20H2. The molecule has 0 aromatic heterocycles. The first-order chi connectivity index (χ1) is 14.8. The summed E-state index contributed by atoms with van der Waals surface area (Å²) in [6.45, 7) is 1.57. The highest BCUT2D eigenvalue weighted by Crippen LogP contribution is 2.47. The summed E-state index contributed by atoms with van der Waals surface area (Å²) in [4.78, 5) is 4.84. The summed E-state index contributed by atoms with van der Waals surface area (Å²) in [7, 11) is 0. The SMILES string of the molecule is Fc1ccc(C2N(Cc3ccccc3)c3ccccc3N2Cc2ccccc2)cc1. The number of fused-ring (bicyclic) bond motifs is 1. The highest BCUT2D eigenvalue weighted by atomic mass is 19.1. The van der Waals surface area contributed by atoms with Crippen molar-refractivity contribution >= 4 is 11.4 Å². The zero-order valence-electron chi connectivity index (χ0n) is 16.7. The second kappa shape index (κ2) is 8.03. The third kappa shape index (κ3) is 3.55. The molecule has 0 atom stereocenters. The molecule has 1 aliphatic rings. The van der Waals surface area contributed by atoms with E-state index >= 15 is 0 Å². The van der Waals surface area contributed by atoms with Gasteiger partial charge in [-0.05, 0) is 41.0 Å². The zero-order valence-corrected chi connectivity index (χ0v) is 16.7. The van der Waals surface area contributed by atoms with Crippen molar-refractivity contribution in [1.82, 2.24) is 0 Å². The number of anilines is 2. The van der Waals surface area contributed by atoms with Crippen molar-refractivity contribution in [2.24, 2.45) is 0 Å². The molecule has 4 aromatic carbocycles. The Labute approximate surface area is 176 Å². The highest BCUT2D eigenvalue weighted by molar-refractivity contribution is 5.78. The second-order valence-electron chi connectivity index (χ2n) is 7.64. The Morgan fingerprint density at radius 2 is 0.967 bits per heavy atom. The molecule has 0 bridgehead atoms. The average molecular weight is 394 g/mol. The molecule has 148 valence electrons. The molecule has 0 saturated carbocycles. The lowest BCUT2D eigenvalue weighted by Crippen LogP contribution is -2.35. The van der Waals surface area contributed by atoms with Crippen LogP contribution in [0.5, 0.6) is 0 Å². The fraction of sp³-hybridized carbons (Fsp3) is 0.111. The number of hydrogen-bond acceptors (Lipinski definition) is 2. The Hall–Kier alpha value is -3.59. The highest BCUT2D eigenvalue weighted by Gasteiger charge is 2.36. The predicted molar refractivity (Wildman–Crippen MR) is 121 cm³/mol. The molecule has 30 heavy (non-hydrogen) atoms. The van der Waals surface area contributed by atoms with E-state index in [1.165, 1.54) is 22.5 Å². The minimum atomic E-state index is -0.210. The molecule has 0 amide bonds. The van der Waals surface area contributed by atoms with Gasteiger partial charge in [-0.2, -0.15) is 0 Å². The van der Waals surface area contributed by atoms with E-state index in [0.29, 0.717) is 0 Å². The fourth-order valence-corrected chi connectivity index (χ4v) is 4.28. The molecule has 0 spiro atoms. The Morgan fingerprint density at radius 3 is 1.43 bits per heavy atom. The van der Waals surface area contributed by atoms with E-state index in [1.807, 2.05) is 24.3 Å². The molecule has 0 aliphatic carbocycles. The third-order valence-corrected chi connectivity index (χ3v) is 5.65. The smallest absolute Gasteiger partial charge is 0.129 e.